The van der Waals surface area contributed by atoms with E-state index in [-0.39, 0.29) is 22.2 Å². The van der Waals surface area contributed by atoms with Crippen LogP contribution in [0.2, 0.25) is 0 Å². The third-order valence-electron chi connectivity index (χ3n) is 2.76. The molecule has 0 aliphatic rings. The number of nitrogens with zero attached hydrogens (tertiary/aromatic N) is 1. The van der Waals surface area contributed by atoms with Gasteiger partial charge in [0.2, 0.25) is 5.91 Å². The number of amides is 1. The molecule has 19 heavy (non-hydrogen) atoms. The van der Waals surface area contributed by atoms with Crippen LogP contribution >= 0.6 is 23.6 Å². The van der Waals surface area contributed by atoms with Crippen LogP contribution in [0.15, 0.2) is 5.38 Å². The Hall–Kier alpha value is -1.01. The Labute approximate surface area is 123 Å². The van der Waals surface area contributed by atoms with Crippen LogP contribution in [0.1, 0.15) is 40.3 Å². The van der Waals surface area contributed by atoms with Gasteiger partial charge in [0.15, 0.2) is 5.13 Å². The lowest BCUT2D eigenvalue weighted by Crippen LogP contribution is -2.36. The first kappa shape index (κ1) is 16.0. The lowest BCUT2D eigenvalue weighted by atomic mass is 9.93. The van der Waals surface area contributed by atoms with Gasteiger partial charge < -0.3 is 11.1 Å². The maximum absolute atomic E-state index is 12.1. The van der Waals surface area contributed by atoms with Crippen molar-refractivity contribution in [1.29, 1.82) is 0 Å². The molecule has 106 valence electrons. The standard InChI is InChI=1S/C13H21N3OS2/c1-7(2)9(10(14)18)11(17)16-12-15-8(6-19-12)13(3,4)5/h6-7,9H,1-5H3,(H2,14,18)(H,15,16,17). The number of thiazole rings is 1. The average molecular weight is 299 g/mol. The molecular weight excluding hydrogens is 278 g/mol. The lowest BCUT2D eigenvalue weighted by Gasteiger charge is -2.18. The van der Waals surface area contributed by atoms with Gasteiger partial charge in [0.25, 0.3) is 0 Å². The number of carbonyl (C=O) groups excluding carboxylic acids is 1. The zero-order chi connectivity index (χ0) is 14.8. The van der Waals surface area contributed by atoms with Crippen molar-refractivity contribution in [2.75, 3.05) is 5.32 Å². The van der Waals surface area contributed by atoms with Crippen molar-refractivity contribution in [3.63, 3.8) is 0 Å². The maximum atomic E-state index is 12.1. The van der Waals surface area contributed by atoms with E-state index >= 15 is 0 Å². The van der Waals surface area contributed by atoms with Crippen LogP contribution in [0.3, 0.4) is 0 Å². The predicted molar refractivity (Wildman–Crippen MR) is 84.6 cm³/mol. The molecule has 3 N–H and O–H groups in total. The highest BCUT2D eigenvalue weighted by Gasteiger charge is 2.26. The number of hydrogen-bond acceptors (Lipinski definition) is 4. The Morgan fingerprint density at radius 2 is 2.05 bits per heavy atom. The smallest absolute Gasteiger partial charge is 0.236 e. The molecule has 1 amide bonds. The predicted octanol–water partition coefficient (Wildman–Crippen LogP) is 2.94. The van der Waals surface area contributed by atoms with Gasteiger partial charge in [0.05, 0.1) is 16.6 Å². The molecule has 0 spiro atoms. The molecule has 1 heterocycles. The minimum absolute atomic E-state index is 0.0277. The molecule has 0 radical (unpaired) electrons. The van der Waals surface area contributed by atoms with Gasteiger partial charge in [-0.15, -0.1) is 11.3 Å². The van der Waals surface area contributed by atoms with Gasteiger partial charge in [-0.2, -0.15) is 0 Å². The van der Waals surface area contributed by atoms with Crippen molar-refractivity contribution in [1.82, 2.24) is 4.98 Å². The second-order valence-electron chi connectivity index (χ2n) is 5.90. The monoisotopic (exact) mass is 299 g/mol. The minimum Gasteiger partial charge on any atom is -0.393 e. The van der Waals surface area contributed by atoms with E-state index < -0.39 is 5.92 Å². The highest BCUT2D eigenvalue weighted by Crippen LogP contribution is 2.27. The minimum atomic E-state index is -0.461. The van der Waals surface area contributed by atoms with Crippen LogP contribution in [-0.4, -0.2) is 15.9 Å². The van der Waals surface area contributed by atoms with E-state index in [1.54, 1.807) is 0 Å². The summed E-state index contributed by atoms with van der Waals surface area (Å²) in [7, 11) is 0. The number of aromatic nitrogens is 1. The zero-order valence-corrected chi connectivity index (χ0v) is 13.6. The fourth-order valence-corrected chi connectivity index (χ4v) is 2.94. The topological polar surface area (TPSA) is 68.0 Å². The van der Waals surface area contributed by atoms with E-state index in [0.717, 1.165) is 5.69 Å². The molecular formula is C13H21N3OS2. The number of hydrogen-bond donors (Lipinski definition) is 2. The molecule has 0 bridgehead atoms. The van der Waals surface area contributed by atoms with Crippen molar-refractivity contribution in [2.45, 2.75) is 40.0 Å². The Morgan fingerprint density at radius 3 is 2.42 bits per heavy atom. The average Bonchev–Trinajstić information content (AvgIpc) is 2.63. The number of rotatable bonds is 4. The Morgan fingerprint density at radius 1 is 1.47 bits per heavy atom. The fourth-order valence-electron chi connectivity index (χ4n) is 1.62. The fraction of sp³-hybridized carbons (Fsp3) is 0.615. The summed E-state index contributed by atoms with van der Waals surface area (Å²) in [6, 6.07) is 0. The van der Waals surface area contributed by atoms with E-state index in [4.69, 9.17) is 18.0 Å². The molecule has 0 saturated heterocycles. The number of nitrogens with one attached hydrogen (secondary N) is 1. The van der Waals surface area contributed by atoms with Crippen LogP contribution < -0.4 is 11.1 Å². The molecule has 6 heteroatoms. The van der Waals surface area contributed by atoms with Crippen molar-refractivity contribution >= 4 is 39.6 Å². The van der Waals surface area contributed by atoms with Crippen LogP contribution in [0, 0.1) is 11.8 Å². The summed E-state index contributed by atoms with van der Waals surface area (Å²) in [5, 5.41) is 5.35. The molecule has 0 saturated carbocycles. The molecule has 0 aliphatic carbocycles. The van der Waals surface area contributed by atoms with E-state index in [0.29, 0.717) is 5.13 Å². The van der Waals surface area contributed by atoms with Gasteiger partial charge in [-0.1, -0.05) is 46.8 Å². The largest absolute Gasteiger partial charge is 0.393 e. The van der Waals surface area contributed by atoms with Gasteiger partial charge in [-0.3, -0.25) is 4.79 Å². The highest BCUT2D eigenvalue weighted by molar-refractivity contribution is 7.80. The molecule has 1 unspecified atom stereocenters. The summed E-state index contributed by atoms with van der Waals surface area (Å²) in [6.07, 6.45) is 0. The molecule has 1 aromatic rings. The first-order valence-electron chi connectivity index (χ1n) is 6.19. The van der Waals surface area contributed by atoms with Gasteiger partial charge in [0.1, 0.15) is 0 Å². The van der Waals surface area contributed by atoms with Crippen LogP contribution in [0.25, 0.3) is 0 Å². The van der Waals surface area contributed by atoms with Gasteiger partial charge in [0, 0.05) is 10.8 Å². The summed E-state index contributed by atoms with van der Waals surface area (Å²) in [5.74, 6) is -0.575. The molecule has 1 atom stereocenters. The summed E-state index contributed by atoms with van der Waals surface area (Å²) in [6.45, 7) is 10.1. The molecule has 4 nitrogen and oxygen atoms in total. The zero-order valence-electron chi connectivity index (χ0n) is 12.0. The Kier molecular flexibility index (Phi) is 5.04. The van der Waals surface area contributed by atoms with Crippen molar-refractivity contribution in [2.24, 2.45) is 17.6 Å². The van der Waals surface area contributed by atoms with Crippen molar-refractivity contribution in [3.05, 3.63) is 11.1 Å². The van der Waals surface area contributed by atoms with Gasteiger partial charge in [-0.05, 0) is 5.92 Å². The summed E-state index contributed by atoms with van der Waals surface area (Å²) in [5.41, 5.74) is 6.55. The quantitative estimate of drug-likeness (QED) is 0.839. The van der Waals surface area contributed by atoms with Crippen molar-refractivity contribution in [3.8, 4) is 0 Å². The first-order valence-corrected chi connectivity index (χ1v) is 7.48. The number of thiocarbonyl (C=S) groups is 1. The van der Waals surface area contributed by atoms with E-state index in [2.05, 4.69) is 31.1 Å². The highest BCUT2D eigenvalue weighted by atomic mass is 32.1. The number of carbonyl (C=O) groups is 1. The molecule has 0 aliphatic heterocycles. The first-order chi connectivity index (χ1) is 8.62. The third kappa shape index (κ3) is 4.24. The van der Waals surface area contributed by atoms with E-state index in [1.165, 1.54) is 11.3 Å². The van der Waals surface area contributed by atoms with Gasteiger partial charge >= 0.3 is 0 Å². The Balaban J connectivity index is 2.82. The molecule has 1 aromatic heterocycles. The van der Waals surface area contributed by atoms with Crippen LogP contribution in [0.5, 0.6) is 0 Å². The maximum Gasteiger partial charge on any atom is 0.236 e. The molecule has 0 aromatic carbocycles. The molecule has 0 fully saturated rings. The van der Waals surface area contributed by atoms with E-state index in [9.17, 15) is 4.79 Å². The number of nitrogens with two attached hydrogens (primary N) is 1. The number of anilines is 1. The summed E-state index contributed by atoms with van der Waals surface area (Å²) >= 11 is 6.37. The van der Waals surface area contributed by atoms with Crippen LogP contribution in [-0.2, 0) is 10.2 Å². The van der Waals surface area contributed by atoms with Gasteiger partial charge in [-0.25, -0.2) is 4.98 Å². The van der Waals surface area contributed by atoms with E-state index in [1.807, 2.05) is 19.2 Å². The lowest BCUT2D eigenvalue weighted by molar-refractivity contribution is -0.118. The summed E-state index contributed by atoms with van der Waals surface area (Å²) < 4.78 is 0. The normalized spacial score (nSPS) is 13.4. The van der Waals surface area contributed by atoms with Crippen LogP contribution in [0.4, 0.5) is 5.13 Å². The SMILES string of the molecule is CC(C)C(C(=O)Nc1nc(C(C)(C)C)cs1)C(N)=S. The summed E-state index contributed by atoms with van der Waals surface area (Å²) in [4.78, 5) is 16.8. The third-order valence-corrected chi connectivity index (χ3v) is 3.77. The second-order valence-corrected chi connectivity index (χ2v) is 7.23. The second kappa shape index (κ2) is 5.96. The Bertz CT molecular complexity index is 474. The molecule has 1 rings (SSSR count). The van der Waals surface area contributed by atoms with Crippen molar-refractivity contribution < 1.29 is 4.79 Å².